The molecule has 0 unspecified atom stereocenters. The molecular weight excluding hydrogens is 347 g/mol. The Morgan fingerprint density at radius 2 is 1.65 bits per heavy atom. The van der Waals surface area contributed by atoms with Crippen LogP contribution in [0.25, 0.3) is 0 Å². The number of likely N-dealkylation sites (tertiary alicyclic amines) is 1. The summed E-state index contributed by atoms with van der Waals surface area (Å²) in [6.07, 6.45) is 3.07. The number of nitrogens with one attached hydrogen (secondary N) is 1. The van der Waals surface area contributed by atoms with Gasteiger partial charge < -0.3 is 5.32 Å². The second kappa shape index (κ2) is 9.74. The van der Waals surface area contributed by atoms with E-state index < -0.39 is 0 Å². The number of carbonyl (C=O) groups excluding carboxylic acids is 1. The van der Waals surface area contributed by atoms with Crippen molar-refractivity contribution in [3.63, 3.8) is 0 Å². The van der Waals surface area contributed by atoms with Gasteiger partial charge in [-0.15, -0.1) is 11.8 Å². The van der Waals surface area contributed by atoms with Crippen LogP contribution in [0.4, 0.5) is 4.39 Å². The topological polar surface area (TPSA) is 32.3 Å². The summed E-state index contributed by atoms with van der Waals surface area (Å²) >= 11 is 1.56. The van der Waals surface area contributed by atoms with E-state index in [0.717, 1.165) is 17.0 Å². The molecule has 138 valence electrons. The fourth-order valence-corrected chi connectivity index (χ4v) is 3.89. The highest BCUT2D eigenvalue weighted by Gasteiger charge is 2.11. The van der Waals surface area contributed by atoms with Gasteiger partial charge in [0.1, 0.15) is 5.82 Å². The third-order valence-electron chi connectivity index (χ3n) is 4.53. The van der Waals surface area contributed by atoms with E-state index >= 15 is 0 Å². The van der Waals surface area contributed by atoms with E-state index in [9.17, 15) is 9.18 Å². The molecule has 0 aliphatic carbocycles. The van der Waals surface area contributed by atoms with Crippen LogP contribution in [0.15, 0.2) is 53.4 Å². The van der Waals surface area contributed by atoms with Gasteiger partial charge in [0.15, 0.2) is 0 Å². The molecule has 1 saturated heterocycles. The summed E-state index contributed by atoms with van der Waals surface area (Å²) in [6, 6.07) is 14.9. The predicted octanol–water partition coefficient (Wildman–Crippen LogP) is 4.22. The number of halogens is 1. The van der Waals surface area contributed by atoms with Crippen molar-refractivity contribution in [2.24, 2.45) is 0 Å². The van der Waals surface area contributed by atoms with Gasteiger partial charge >= 0.3 is 0 Å². The average Bonchev–Trinajstić information content (AvgIpc) is 3.16. The van der Waals surface area contributed by atoms with Crippen molar-refractivity contribution in [3.8, 4) is 0 Å². The van der Waals surface area contributed by atoms with Crippen LogP contribution in [-0.2, 0) is 17.9 Å². The first-order valence-corrected chi connectivity index (χ1v) is 10.1. The first kappa shape index (κ1) is 18.9. The number of thioether (sulfide) groups is 1. The third-order valence-corrected chi connectivity index (χ3v) is 5.54. The molecule has 0 radical (unpaired) electrons. The summed E-state index contributed by atoms with van der Waals surface area (Å²) in [7, 11) is 0. The van der Waals surface area contributed by atoms with Crippen molar-refractivity contribution in [3.05, 3.63) is 65.5 Å². The Balaban J connectivity index is 1.35. The maximum Gasteiger partial charge on any atom is 0.221 e. The van der Waals surface area contributed by atoms with E-state index in [1.165, 1.54) is 43.6 Å². The Kier molecular flexibility index (Phi) is 7.09. The van der Waals surface area contributed by atoms with Crippen LogP contribution in [0.5, 0.6) is 0 Å². The van der Waals surface area contributed by atoms with E-state index in [0.29, 0.717) is 18.7 Å². The van der Waals surface area contributed by atoms with E-state index in [1.807, 2.05) is 0 Å². The van der Waals surface area contributed by atoms with Crippen LogP contribution >= 0.6 is 11.8 Å². The number of rotatable bonds is 8. The summed E-state index contributed by atoms with van der Waals surface area (Å²) in [5.74, 6) is 0.492. The molecule has 0 aromatic heterocycles. The molecule has 1 N–H and O–H groups in total. The summed E-state index contributed by atoms with van der Waals surface area (Å²) in [4.78, 5) is 15.4. The molecule has 3 rings (SSSR count). The van der Waals surface area contributed by atoms with Gasteiger partial charge in [-0.25, -0.2) is 4.39 Å². The normalized spacial score (nSPS) is 14.5. The predicted molar refractivity (Wildman–Crippen MR) is 105 cm³/mol. The van der Waals surface area contributed by atoms with Crippen molar-refractivity contribution in [1.82, 2.24) is 10.2 Å². The molecule has 1 aliphatic rings. The van der Waals surface area contributed by atoms with Crippen LogP contribution in [0.3, 0.4) is 0 Å². The Hall–Kier alpha value is -1.85. The Labute approximate surface area is 159 Å². The lowest BCUT2D eigenvalue weighted by Crippen LogP contribution is -2.23. The van der Waals surface area contributed by atoms with Gasteiger partial charge in [-0.2, -0.15) is 0 Å². The maximum atomic E-state index is 12.8. The van der Waals surface area contributed by atoms with E-state index in [2.05, 4.69) is 34.5 Å². The minimum atomic E-state index is -0.237. The zero-order valence-electron chi connectivity index (χ0n) is 14.9. The largest absolute Gasteiger partial charge is 0.352 e. The zero-order valence-corrected chi connectivity index (χ0v) is 15.7. The van der Waals surface area contributed by atoms with Crippen molar-refractivity contribution in [1.29, 1.82) is 0 Å². The molecule has 5 heteroatoms. The third kappa shape index (κ3) is 6.15. The van der Waals surface area contributed by atoms with Crippen molar-refractivity contribution in [2.75, 3.05) is 18.8 Å². The summed E-state index contributed by atoms with van der Waals surface area (Å²) in [6.45, 7) is 3.98. The molecule has 0 atom stereocenters. The lowest BCUT2D eigenvalue weighted by molar-refractivity contribution is -0.120. The number of amides is 1. The highest BCUT2D eigenvalue weighted by Crippen LogP contribution is 2.19. The smallest absolute Gasteiger partial charge is 0.221 e. The zero-order chi connectivity index (χ0) is 18.2. The monoisotopic (exact) mass is 372 g/mol. The van der Waals surface area contributed by atoms with E-state index in [4.69, 9.17) is 0 Å². The fraction of sp³-hybridized carbons (Fsp3) is 0.381. The number of hydrogen-bond donors (Lipinski definition) is 1. The molecule has 2 aromatic carbocycles. The van der Waals surface area contributed by atoms with Crippen molar-refractivity contribution in [2.45, 2.75) is 37.2 Å². The van der Waals surface area contributed by atoms with Crippen LogP contribution in [0.1, 0.15) is 30.4 Å². The molecule has 26 heavy (non-hydrogen) atoms. The minimum absolute atomic E-state index is 0.0424. The first-order chi connectivity index (χ1) is 12.7. The lowest BCUT2D eigenvalue weighted by atomic mass is 10.1. The first-order valence-electron chi connectivity index (χ1n) is 9.14. The van der Waals surface area contributed by atoms with Crippen LogP contribution in [0, 0.1) is 5.82 Å². The summed E-state index contributed by atoms with van der Waals surface area (Å²) in [5, 5.41) is 2.96. The van der Waals surface area contributed by atoms with Crippen LogP contribution in [0.2, 0.25) is 0 Å². The Bertz CT molecular complexity index is 697. The molecule has 2 aromatic rings. The number of carbonyl (C=O) groups is 1. The average molecular weight is 373 g/mol. The quantitative estimate of drug-likeness (QED) is 0.704. The molecule has 0 bridgehead atoms. The van der Waals surface area contributed by atoms with Gasteiger partial charge in [-0.05, 0) is 61.3 Å². The van der Waals surface area contributed by atoms with Gasteiger partial charge in [0.05, 0.1) is 0 Å². The standard InChI is InChI=1S/C21H25FN2OS/c22-19-7-9-20(10-8-19)26-14-11-21(25)23-15-17-3-5-18(6-4-17)16-24-12-1-2-13-24/h3-10H,1-2,11-16H2,(H,23,25). The number of benzene rings is 2. The van der Waals surface area contributed by atoms with Gasteiger partial charge in [0.2, 0.25) is 5.91 Å². The van der Waals surface area contributed by atoms with Crippen LogP contribution < -0.4 is 5.32 Å². The minimum Gasteiger partial charge on any atom is -0.352 e. The SMILES string of the molecule is O=C(CCSc1ccc(F)cc1)NCc1ccc(CN2CCCC2)cc1. The molecular formula is C21H25FN2OS. The molecule has 1 fully saturated rings. The fourth-order valence-electron chi connectivity index (χ4n) is 3.04. The molecule has 0 spiro atoms. The second-order valence-corrected chi connectivity index (χ2v) is 7.80. The van der Waals surface area contributed by atoms with Crippen molar-refractivity contribution >= 4 is 17.7 Å². The molecule has 1 heterocycles. The molecule has 3 nitrogen and oxygen atoms in total. The van der Waals surface area contributed by atoms with Crippen LogP contribution in [-0.4, -0.2) is 29.6 Å². The Morgan fingerprint density at radius 3 is 2.35 bits per heavy atom. The highest BCUT2D eigenvalue weighted by atomic mass is 32.2. The van der Waals surface area contributed by atoms with Gasteiger partial charge in [0, 0.05) is 30.2 Å². The van der Waals surface area contributed by atoms with Gasteiger partial charge in [-0.3, -0.25) is 9.69 Å². The van der Waals surface area contributed by atoms with E-state index in [-0.39, 0.29) is 11.7 Å². The van der Waals surface area contributed by atoms with Crippen molar-refractivity contribution < 1.29 is 9.18 Å². The summed E-state index contributed by atoms with van der Waals surface area (Å²) in [5.41, 5.74) is 2.45. The second-order valence-electron chi connectivity index (χ2n) is 6.63. The summed E-state index contributed by atoms with van der Waals surface area (Å²) < 4.78 is 12.8. The number of nitrogens with zero attached hydrogens (tertiary/aromatic N) is 1. The molecule has 1 amide bonds. The van der Waals surface area contributed by atoms with Gasteiger partial charge in [-0.1, -0.05) is 24.3 Å². The van der Waals surface area contributed by atoms with Gasteiger partial charge in [0.25, 0.3) is 0 Å². The number of hydrogen-bond acceptors (Lipinski definition) is 3. The lowest BCUT2D eigenvalue weighted by Gasteiger charge is -2.14. The highest BCUT2D eigenvalue weighted by molar-refractivity contribution is 7.99. The molecule has 1 aliphatic heterocycles. The molecule has 0 saturated carbocycles. The maximum absolute atomic E-state index is 12.8. The van der Waals surface area contributed by atoms with E-state index in [1.54, 1.807) is 23.9 Å². The Morgan fingerprint density at radius 1 is 1.00 bits per heavy atom.